The van der Waals surface area contributed by atoms with E-state index in [2.05, 4.69) is 14.3 Å². The van der Waals surface area contributed by atoms with Crippen molar-refractivity contribution in [1.29, 1.82) is 0 Å². The fourth-order valence-corrected chi connectivity index (χ4v) is 2.64. The second kappa shape index (κ2) is 5.32. The first-order valence-electron chi connectivity index (χ1n) is 6.23. The average Bonchev–Trinajstić information content (AvgIpc) is 2.36. The minimum Gasteiger partial charge on any atom is -0.493 e. The maximum absolute atomic E-state index is 11.5. The summed E-state index contributed by atoms with van der Waals surface area (Å²) < 4.78 is 34.2. The van der Waals surface area contributed by atoms with E-state index in [1.54, 1.807) is 32.0 Å². The van der Waals surface area contributed by atoms with Gasteiger partial charge in [0.25, 0.3) is 0 Å². The molecular formula is C12H16N4O4S. The molecule has 0 unspecified atom stereocenters. The molecule has 0 amide bonds. The minimum atomic E-state index is -3.81. The Bertz CT molecular complexity index is 697. The second-order valence-electron chi connectivity index (χ2n) is 5.23. The van der Waals surface area contributed by atoms with Gasteiger partial charge in [0.15, 0.2) is 5.84 Å². The third kappa shape index (κ3) is 3.48. The van der Waals surface area contributed by atoms with Crippen molar-refractivity contribution in [3.63, 3.8) is 0 Å². The minimum absolute atomic E-state index is 0.132. The fourth-order valence-electron chi connectivity index (χ4n) is 1.79. The van der Waals surface area contributed by atoms with Gasteiger partial charge in [-0.05, 0) is 26.0 Å². The lowest BCUT2D eigenvalue weighted by molar-refractivity contribution is 0.274. The van der Waals surface area contributed by atoms with E-state index in [0.29, 0.717) is 23.4 Å². The average molecular weight is 312 g/mol. The van der Waals surface area contributed by atoms with Gasteiger partial charge in [-0.3, -0.25) is 4.72 Å². The Morgan fingerprint density at radius 3 is 2.81 bits per heavy atom. The smallest absolute Gasteiger partial charge is 0.344 e. The van der Waals surface area contributed by atoms with Gasteiger partial charge in [0, 0.05) is 6.42 Å². The molecule has 9 heteroatoms. The van der Waals surface area contributed by atoms with Crippen molar-refractivity contribution < 1.29 is 13.2 Å². The highest BCUT2D eigenvalue weighted by Gasteiger charge is 2.25. The van der Waals surface area contributed by atoms with Gasteiger partial charge in [-0.2, -0.15) is 13.3 Å². The molecule has 0 saturated heterocycles. The van der Waals surface area contributed by atoms with E-state index in [-0.39, 0.29) is 12.4 Å². The van der Waals surface area contributed by atoms with Crippen molar-refractivity contribution in [1.82, 2.24) is 0 Å². The van der Waals surface area contributed by atoms with E-state index >= 15 is 0 Å². The van der Waals surface area contributed by atoms with Crippen LogP contribution in [-0.4, -0.2) is 26.4 Å². The molecule has 1 aromatic rings. The number of amidine groups is 1. The van der Waals surface area contributed by atoms with Crippen LogP contribution in [0.25, 0.3) is 0 Å². The van der Waals surface area contributed by atoms with Crippen molar-refractivity contribution in [2.45, 2.75) is 25.8 Å². The van der Waals surface area contributed by atoms with Gasteiger partial charge in [0.2, 0.25) is 0 Å². The molecule has 3 N–H and O–H groups in total. The quantitative estimate of drug-likeness (QED) is 0.795. The van der Waals surface area contributed by atoms with Gasteiger partial charge in [0.05, 0.1) is 17.9 Å². The number of hydrogen-bond donors (Lipinski definition) is 2. The molecule has 0 atom stereocenters. The number of ether oxygens (including phenoxy) is 1. The Labute approximate surface area is 122 Å². The zero-order valence-corrected chi connectivity index (χ0v) is 12.5. The molecule has 0 saturated carbocycles. The molecule has 21 heavy (non-hydrogen) atoms. The number of nitrogens with one attached hydrogen (secondary N) is 1. The lowest BCUT2D eigenvalue weighted by Gasteiger charge is -2.20. The molecule has 0 bridgehead atoms. The largest absolute Gasteiger partial charge is 0.493 e. The van der Waals surface area contributed by atoms with Crippen LogP contribution in [-0.2, 0) is 10.2 Å². The Kier molecular flexibility index (Phi) is 3.86. The first kappa shape index (κ1) is 15.2. The van der Waals surface area contributed by atoms with Crippen LogP contribution < -0.4 is 15.2 Å². The monoisotopic (exact) mass is 312 g/mol. The van der Waals surface area contributed by atoms with Crippen LogP contribution in [0.3, 0.4) is 0 Å². The molecule has 1 aliphatic heterocycles. The van der Waals surface area contributed by atoms with Crippen molar-refractivity contribution >= 4 is 21.7 Å². The van der Waals surface area contributed by atoms with E-state index < -0.39 is 15.7 Å². The molecular weight excluding hydrogens is 296 g/mol. The molecule has 0 spiro atoms. The number of hydrogen-bond acceptors (Lipinski definition) is 6. The number of fused-ring (bicyclic) bond motifs is 1. The Balaban J connectivity index is 2.22. The zero-order chi connectivity index (χ0) is 15.7. The van der Waals surface area contributed by atoms with Crippen LogP contribution in [0.5, 0.6) is 5.75 Å². The third-order valence-corrected chi connectivity index (χ3v) is 3.87. The summed E-state index contributed by atoms with van der Waals surface area (Å²) in [5, 5.41) is 3.00. The van der Waals surface area contributed by atoms with E-state index in [4.69, 9.17) is 10.5 Å². The summed E-state index contributed by atoms with van der Waals surface area (Å²) in [6.45, 7) is 3.65. The summed E-state index contributed by atoms with van der Waals surface area (Å²) in [5.41, 5.74) is 5.67. The van der Waals surface area contributed by atoms with E-state index in [1.807, 2.05) is 0 Å². The Hall–Kier alpha value is -2.16. The number of rotatable bonds is 5. The van der Waals surface area contributed by atoms with Crippen molar-refractivity contribution in [2.24, 2.45) is 15.3 Å². The van der Waals surface area contributed by atoms with Crippen molar-refractivity contribution in [3.05, 3.63) is 28.7 Å². The van der Waals surface area contributed by atoms with Gasteiger partial charge < -0.3 is 10.5 Å². The van der Waals surface area contributed by atoms with Crippen molar-refractivity contribution in [2.75, 3.05) is 11.3 Å². The summed E-state index contributed by atoms with van der Waals surface area (Å²) in [6.07, 6.45) is 0.420. The molecule has 0 fully saturated rings. The summed E-state index contributed by atoms with van der Waals surface area (Å²) in [4.78, 5) is 10.6. The number of benzene rings is 1. The standard InChI is InChI=1S/C12H16N4O4S/c1-12(2,16-17)6-7-20-9-5-3-4-8-10(9)11(13)15-21(18,19)14-8/h3-5,14H,6-7H2,1-2H3,(H2,13,15). The fraction of sp³-hybridized carbons (Fsp3) is 0.417. The highest BCUT2D eigenvalue weighted by atomic mass is 32.2. The molecule has 1 aliphatic rings. The maximum atomic E-state index is 11.5. The highest BCUT2D eigenvalue weighted by Crippen LogP contribution is 2.30. The predicted octanol–water partition coefficient (Wildman–Crippen LogP) is 1.38. The molecule has 1 heterocycles. The third-order valence-electron chi connectivity index (χ3n) is 2.96. The summed E-state index contributed by atoms with van der Waals surface area (Å²) in [5.74, 6) is 0.268. The topological polar surface area (TPSA) is 123 Å². The number of nitrogens with zero attached hydrogens (tertiary/aromatic N) is 2. The maximum Gasteiger partial charge on any atom is 0.344 e. The summed E-state index contributed by atoms with van der Waals surface area (Å²) >= 11 is 0. The Morgan fingerprint density at radius 2 is 2.14 bits per heavy atom. The summed E-state index contributed by atoms with van der Waals surface area (Å²) in [6, 6.07) is 4.86. The van der Waals surface area contributed by atoms with Crippen LogP contribution >= 0.6 is 0 Å². The van der Waals surface area contributed by atoms with Crippen LogP contribution in [0.15, 0.2) is 27.8 Å². The molecule has 114 valence electrons. The van der Waals surface area contributed by atoms with Crippen LogP contribution in [0.4, 0.5) is 5.69 Å². The van der Waals surface area contributed by atoms with Crippen molar-refractivity contribution in [3.8, 4) is 5.75 Å². The first-order valence-corrected chi connectivity index (χ1v) is 7.67. The molecule has 0 aliphatic carbocycles. The normalized spacial score (nSPS) is 16.4. The Morgan fingerprint density at radius 1 is 1.43 bits per heavy atom. The van der Waals surface area contributed by atoms with Crippen LogP contribution in [0, 0.1) is 4.91 Å². The highest BCUT2D eigenvalue weighted by molar-refractivity contribution is 7.91. The lowest BCUT2D eigenvalue weighted by atomic mass is 10.0. The zero-order valence-electron chi connectivity index (χ0n) is 11.7. The second-order valence-corrected chi connectivity index (χ2v) is 6.57. The van der Waals surface area contributed by atoms with Gasteiger partial charge in [0.1, 0.15) is 11.3 Å². The van der Waals surface area contributed by atoms with Crippen LogP contribution in [0.1, 0.15) is 25.8 Å². The number of nitrogens with two attached hydrogens (primary N) is 1. The van der Waals surface area contributed by atoms with Crippen LogP contribution in [0.2, 0.25) is 0 Å². The van der Waals surface area contributed by atoms with Gasteiger partial charge >= 0.3 is 10.2 Å². The molecule has 8 nitrogen and oxygen atoms in total. The molecule has 2 rings (SSSR count). The molecule has 1 aromatic carbocycles. The summed E-state index contributed by atoms with van der Waals surface area (Å²) in [7, 11) is -3.81. The number of nitroso groups, excluding NO2 is 1. The van der Waals surface area contributed by atoms with Gasteiger partial charge in [-0.1, -0.05) is 11.2 Å². The molecule has 0 radical (unpaired) electrons. The number of anilines is 1. The lowest BCUT2D eigenvalue weighted by Crippen LogP contribution is -2.27. The van der Waals surface area contributed by atoms with E-state index in [1.165, 1.54) is 0 Å². The van der Waals surface area contributed by atoms with Gasteiger partial charge in [-0.15, -0.1) is 4.40 Å². The van der Waals surface area contributed by atoms with Gasteiger partial charge in [-0.25, -0.2) is 0 Å². The van der Waals surface area contributed by atoms with E-state index in [9.17, 15) is 13.3 Å². The SMILES string of the molecule is CC(C)(CCOc1cccc2c1C(N)=NS(=O)(=O)N2)N=O. The first-order chi connectivity index (χ1) is 9.74. The molecule has 0 aromatic heterocycles. The van der Waals surface area contributed by atoms with E-state index in [0.717, 1.165) is 0 Å². The predicted molar refractivity (Wildman–Crippen MR) is 79.7 cm³/mol.